The highest BCUT2D eigenvalue weighted by molar-refractivity contribution is 9.10. The minimum Gasteiger partial charge on any atom is -0.480 e. The molecule has 100 valence electrons. The third kappa shape index (κ3) is 3.11. The molecule has 5 nitrogen and oxygen atoms in total. The summed E-state index contributed by atoms with van der Waals surface area (Å²) in [6.45, 7) is 2.79. The third-order valence-electron chi connectivity index (χ3n) is 3.19. The zero-order valence-electron chi connectivity index (χ0n) is 10.7. The molecular weight excluding hydrogens is 298 g/mol. The highest BCUT2D eigenvalue weighted by Gasteiger charge is 2.21. The number of hydrogen-bond acceptors (Lipinski definition) is 5. The van der Waals surface area contributed by atoms with Gasteiger partial charge >= 0.3 is 0 Å². The Morgan fingerprint density at radius 1 is 1.39 bits per heavy atom. The second-order valence-corrected chi connectivity index (χ2v) is 5.27. The molecule has 0 spiro atoms. The molecule has 0 amide bonds. The second-order valence-electron chi connectivity index (χ2n) is 4.41. The molecule has 0 atom stereocenters. The Labute approximate surface area is 116 Å². The Bertz CT molecular complexity index is 395. The molecule has 2 rings (SSSR count). The Morgan fingerprint density at radius 2 is 2.11 bits per heavy atom. The van der Waals surface area contributed by atoms with Crippen molar-refractivity contribution in [3.05, 3.63) is 10.7 Å². The van der Waals surface area contributed by atoms with Gasteiger partial charge in [-0.25, -0.2) is 4.98 Å². The summed E-state index contributed by atoms with van der Waals surface area (Å²) < 4.78 is 11.2. The maximum Gasteiger partial charge on any atom is 0.232 e. The van der Waals surface area contributed by atoms with Crippen molar-refractivity contribution < 1.29 is 9.47 Å². The quantitative estimate of drug-likeness (QED) is 0.851. The number of ether oxygens (including phenoxy) is 2. The maximum atomic E-state index is 5.20. The molecule has 18 heavy (non-hydrogen) atoms. The monoisotopic (exact) mass is 315 g/mol. The first-order valence-electron chi connectivity index (χ1n) is 6.05. The summed E-state index contributed by atoms with van der Waals surface area (Å²) in [7, 11) is 3.37. The largest absolute Gasteiger partial charge is 0.480 e. The smallest absolute Gasteiger partial charge is 0.232 e. The highest BCUT2D eigenvalue weighted by atomic mass is 79.9. The van der Waals surface area contributed by atoms with Gasteiger partial charge in [0.2, 0.25) is 11.8 Å². The van der Waals surface area contributed by atoms with E-state index < -0.39 is 0 Å². The predicted molar refractivity (Wildman–Crippen MR) is 73.1 cm³/mol. The molecule has 1 aromatic heterocycles. The van der Waals surface area contributed by atoms with Gasteiger partial charge in [-0.1, -0.05) is 0 Å². The van der Waals surface area contributed by atoms with Crippen LogP contribution < -0.4 is 9.64 Å². The van der Waals surface area contributed by atoms with Crippen molar-refractivity contribution in [2.24, 2.45) is 5.92 Å². The number of aromatic nitrogens is 2. The SMILES string of the molecule is COCC1CCN(c2ncc(Br)c(OC)n2)CC1. The Kier molecular flexibility index (Phi) is 4.77. The predicted octanol–water partition coefficient (Wildman–Crippen LogP) is 2.11. The van der Waals surface area contributed by atoms with E-state index in [1.807, 2.05) is 0 Å². The highest BCUT2D eigenvalue weighted by Crippen LogP contribution is 2.26. The molecule has 1 fully saturated rings. The van der Waals surface area contributed by atoms with Crippen LogP contribution in [-0.4, -0.2) is 43.9 Å². The third-order valence-corrected chi connectivity index (χ3v) is 3.74. The minimum absolute atomic E-state index is 0.582. The molecule has 0 saturated carbocycles. The van der Waals surface area contributed by atoms with Gasteiger partial charge in [-0.05, 0) is 34.7 Å². The molecule has 6 heteroatoms. The first-order valence-corrected chi connectivity index (χ1v) is 6.84. The van der Waals surface area contributed by atoms with Gasteiger partial charge < -0.3 is 14.4 Å². The molecule has 0 aromatic carbocycles. The van der Waals surface area contributed by atoms with Crippen LogP contribution in [0.15, 0.2) is 10.7 Å². The van der Waals surface area contributed by atoms with E-state index >= 15 is 0 Å². The normalized spacial score (nSPS) is 16.9. The fourth-order valence-electron chi connectivity index (χ4n) is 2.17. The van der Waals surface area contributed by atoms with Crippen LogP contribution in [0.3, 0.4) is 0 Å². The van der Waals surface area contributed by atoms with Gasteiger partial charge in [0.15, 0.2) is 0 Å². The lowest BCUT2D eigenvalue weighted by atomic mass is 9.98. The molecule has 0 bridgehead atoms. The van der Waals surface area contributed by atoms with Crippen LogP contribution in [0.2, 0.25) is 0 Å². The molecule has 1 aromatic rings. The Hall–Kier alpha value is -0.880. The van der Waals surface area contributed by atoms with Crippen molar-refractivity contribution >= 4 is 21.9 Å². The summed E-state index contributed by atoms with van der Waals surface area (Å²) in [6.07, 6.45) is 3.98. The number of rotatable bonds is 4. The van der Waals surface area contributed by atoms with E-state index in [0.29, 0.717) is 11.8 Å². The van der Waals surface area contributed by atoms with Crippen LogP contribution in [0.5, 0.6) is 5.88 Å². The van der Waals surface area contributed by atoms with Gasteiger partial charge in [0.1, 0.15) is 0 Å². The van der Waals surface area contributed by atoms with Crippen LogP contribution in [0, 0.1) is 5.92 Å². The zero-order valence-corrected chi connectivity index (χ0v) is 12.3. The van der Waals surface area contributed by atoms with Crippen molar-refractivity contribution in [3.8, 4) is 5.88 Å². The van der Waals surface area contributed by atoms with Gasteiger partial charge in [-0.3, -0.25) is 0 Å². The number of hydrogen-bond donors (Lipinski definition) is 0. The number of piperidine rings is 1. The van der Waals surface area contributed by atoms with E-state index in [4.69, 9.17) is 9.47 Å². The average molecular weight is 316 g/mol. The van der Waals surface area contributed by atoms with Gasteiger partial charge in [0.25, 0.3) is 0 Å². The van der Waals surface area contributed by atoms with Crippen molar-refractivity contribution in [3.63, 3.8) is 0 Å². The van der Waals surface area contributed by atoms with E-state index in [-0.39, 0.29) is 0 Å². The molecule has 2 heterocycles. The van der Waals surface area contributed by atoms with Crippen molar-refractivity contribution in [2.45, 2.75) is 12.8 Å². The van der Waals surface area contributed by atoms with E-state index in [1.54, 1.807) is 20.4 Å². The van der Waals surface area contributed by atoms with E-state index in [9.17, 15) is 0 Å². The Balaban J connectivity index is 2.01. The summed E-state index contributed by atoms with van der Waals surface area (Å²) in [5.41, 5.74) is 0. The number of methoxy groups -OCH3 is 2. The molecule has 1 saturated heterocycles. The van der Waals surface area contributed by atoms with Crippen LogP contribution in [0.25, 0.3) is 0 Å². The standard InChI is InChI=1S/C12H18BrN3O2/c1-17-8-9-3-5-16(6-4-9)12-14-7-10(13)11(15-12)18-2/h7,9H,3-6,8H2,1-2H3. The van der Waals surface area contributed by atoms with Crippen molar-refractivity contribution in [1.29, 1.82) is 0 Å². The van der Waals surface area contributed by atoms with Gasteiger partial charge in [-0.2, -0.15) is 4.98 Å². The molecule has 0 aliphatic carbocycles. The average Bonchev–Trinajstić information content (AvgIpc) is 2.41. The second kappa shape index (κ2) is 6.33. The fourth-order valence-corrected chi connectivity index (χ4v) is 2.53. The summed E-state index contributed by atoms with van der Waals surface area (Å²) in [6, 6.07) is 0. The van der Waals surface area contributed by atoms with Crippen LogP contribution in [0.1, 0.15) is 12.8 Å². The molecule has 0 N–H and O–H groups in total. The van der Waals surface area contributed by atoms with E-state index in [1.165, 1.54) is 0 Å². The van der Waals surface area contributed by atoms with Crippen LogP contribution in [-0.2, 0) is 4.74 Å². The lowest BCUT2D eigenvalue weighted by Gasteiger charge is -2.31. The zero-order chi connectivity index (χ0) is 13.0. The summed E-state index contributed by atoms with van der Waals surface area (Å²) >= 11 is 3.36. The van der Waals surface area contributed by atoms with Crippen LogP contribution >= 0.6 is 15.9 Å². The summed E-state index contributed by atoms with van der Waals surface area (Å²) in [5.74, 6) is 1.98. The topological polar surface area (TPSA) is 47.5 Å². The van der Waals surface area contributed by atoms with E-state index in [0.717, 1.165) is 43.0 Å². The molecule has 1 aliphatic heterocycles. The van der Waals surface area contributed by atoms with Crippen molar-refractivity contribution in [2.75, 3.05) is 38.8 Å². The van der Waals surface area contributed by atoms with Crippen molar-refractivity contribution in [1.82, 2.24) is 9.97 Å². The lowest BCUT2D eigenvalue weighted by molar-refractivity contribution is 0.139. The summed E-state index contributed by atoms with van der Waals surface area (Å²) in [4.78, 5) is 10.9. The molecular formula is C12H18BrN3O2. The van der Waals surface area contributed by atoms with Gasteiger partial charge in [0.05, 0.1) is 17.8 Å². The summed E-state index contributed by atoms with van der Waals surface area (Å²) in [5, 5.41) is 0. The molecule has 0 unspecified atom stereocenters. The maximum absolute atomic E-state index is 5.20. The van der Waals surface area contributed by atoms with E-state index in [2.05, 4.69) is 30.8 Å². The molecule has 0 radical (unpaired) electrons. The first-order chi connectivity index (χ1) is 8.74. The first kappa shape index (κ1) is 13.5. The minimum atomic E-state index is 0.582. The van der Waals surface area contributed by atoms with Gasteiger partial charge in [-0.15, -0.1) is 0 Å². The number of anilines is 1. The number of nitrogens with zero attached hydrogens (tertiary/aromatic N) is 3. The Morgan fingerprint density at radius 3 is 2.72 bits per heavy atom. The lowest BCUT2D eigenvalue weighted by Crippen LogP contribution is -2.36. The number of halogens is 1. The van der Waals surface area contributed by atoms with Crippen LogP contribution in [0.4, 0.5) is 5.95 Å². The van der Waals surface area contributed by atoms with Gasteiger partial charge in [0, 0.05) is 26.8 Å². The molecule has 1 aliphatic rings. The fraction of sp³-hybridized carbons (Fsp3) is 0.667.